The largest absolute Gasteiger partial charge is 0.393 e. The molecule has 4 aromatic rings. The smallest absolute Gasteiger partial charge is 0.146 e. The molecule has 0 atom stereocenters. The first-order chi connectivity index (χ1) is 17.7. The van der Waals surface area contributed by atoms with Crippen molar-refractivity contribution in [3.63, 3.8) is 0 Å². The lowest BCUT2D eigenvalue weighted by molar-refractivity contribution is 0.109. The molecule has 2 aromatic carbocycles. The van der Waals surface area contributed by atoms with Crippen molar-refractivity contribution in [1.29, 1.82) is 5.41 Å². The van der Waals surface area contributed by atoms with Crippen LogP contribution in [0.3, 0.4) is 0 Å². The second kappa shape index (κ2) is 10.1. The second-order valence-electron chi connectivity index (χ2n) is 10.7. The quantitative estimate of drug-likeness (QED) is 0.333. The van der Waals surface area contributed by atoms with E-state index >= 15 is 0 Å². The Kier molecular flexibility index (Phi) is 6.49. The first-order valence-corrected chi connectivity index (χ1v) is 13.7. The van der Waals surface area contributed by atoms with Crippen LogP contribution in [0.5, 0.6) is 0 Å². The monoisotopic (exact) mass is 480 g/mol. The highest BCUT2D eigenvalue weighted by Crippen LogP contribution is 2.41. The number of nitrogens with zero attached hydrogens (tertiary/aromatic N) is 3. The van der Waals surface area contributed by atoms with Crippen molar-refractivity contribution >= 4 is 11.0 Å². The molecule has 0 spiro atoms. The Morgan fingerprint density at radius 2 is 1.44 bits per heavy atom. The number of hydrogen-bond donors (Lipinski definition) is 2. The summed E-state index contributed by atoms with van der Waals surface area (Å²) in [5.74, 6) is 0.642. The summed E-state index contributed by atoms with van der Waals surface area (Å²) in [6.45, 7) is 0.944. The van der Waals surface area contributed by atoms with E-state index in [1.54, 1.807) is 0 Å². The molecular weight excluding hydrogens is 444 g/mol. The minimum atomic E-state index is -0.214. The topological polar surface area (TPSA) is 66.8 Å². The van der Waals surface area contributed by atoms with Gasteiger partial charge in [-0.25, -0.2) is 4.98 Å². The summed E-state index contributed by atoms with van der Waals surface area (Å²) < 4.78 is 4.50. The van der Waals surface area contributed by atoms with E-state index in [0.29, 0.717) is 11.4 Å². The van der Waals surface area contributed by atoms with Crippen molar-refractivity contribution in [2.45, 2.75) is 76.5 Å². The van der Waals surface area contributed by atoms with Gasteiger partial charge in [-0.05, 0) is 55.6 Å². The van der Waals surface area contributed by atoms with Crippen molar-refractivity contribution < 1.29 is 5.11 Å². The van der Waals surface area contributed by atoms with E-state index < -0.39 is 0 Å². The third-order valence-corrected chi connectivity index (χ3v) is 8.37. The molecule has 5 nitrogen and oxygen atoms in total. The van der Waals surface area contributed by atoms with Crippen molar-refractivity contribution in [2.75, 3.05) is 0 Å². The Morgan fingerprint density at radius 1 is 0.806 bits per heavy atom. The highest BCUT2D eigenvalue weighted by molar-refractivity contribution is 6.02. The molecule has 2 aromatic heterocycles. The van der Waals surface area contributed by atoms with Crippen LogP contribution < -0.4 is 5.49 Å². The fraction of sp³-hybridized carbons (Fsp3) is 0.419. The maximum atomic E-state index is 10.1. The average Bonchev–Trinajstić information content (AvgIpc) is 3.26. The van der Waals surface area contributed by atoms with E-state index in [1.165, 1.54) is 43.4 Å². The number of fused-ring (bicyclic) bond motifs is 1. The number of aromatic nitrogens is 3. The number of aliphatic hydroxyl groups is 1. The highest BCUT2D eigenvalue weighted by atomic mass is 16.3. The van der Waals surface area contributed by atoms with Crippen molar-refractivity contribution in [2.24, 2.45) is 5.92 Å². The van der Waals surface area contributed by atoms with Crippen LogP contribution in [0, 0.1) is 11.3 Å². The van der Waals surface area contributed by atoms with E-state index in [4.69, 9.17) is 4.98 Å². The van der Waals surface area contributed by atoms with E-state index in [1.807, 2.05) is 6.33 Å². The molecule has 2 N–H and O–H groups in total. The number of benzene rings is 2. The Morgan fingerprint density at radius 3 is 2.11 bits per heavy atom. The lowest BCUT2D eigenvalue weighted by atomic mass is 9.89. The van der Waals surface area contributed by atoms with Gasteiger partial charge < -0.3 is 14.2 Å². The molecule has 2 fully saturated rings. The van der Waals surface area contributed by atoms with Crippen LogP contribution in [-0.4, -0.2) is 25.3 Å². The van der Waals surface area contributed by atoms with Crippen molar-refractivity contribution in [1.82, 2.24) is 14.1 Å². The molecule has 36 heavy (non-hydrogen) atoms. The van der Waals surface area contributed by atoms with Gasteiger partial charge in [0.2, 0.25) is 0 Å². The maximum Gasteiger partial charge on any atom is 0.146 e. The van der Waals surface area contributed by atoms with Gasteiger partial charge in [0, 0.05) is 18.2 Å². The van der Waals surface area contributed by atoms with Crippen LogP contribution in [0.1, 0.15) is 63.8 Å². The zero-order valence-corrected chi connectivity index (χ0v) is 20.9. The van der Waals surface area contributed by atoms with Crippen LogP contribution in [0.4, 0.5) is 0 Å². The van der Waals surface area contributed by atoms with Gasteiger partial charge in [0.05, 0.1) is 23.5 Å². The molecule has 6 rings (SSSR count). The Labute approximate surface area is 213 Å². The molecule has 2 heterocycles. The minimum Gasteiger partial charge on any atom is -0.393 e. The van der Waals surface area contributed by atoms with E-state index in [2.05, 4.69) is 69.8 Å². The fourth-order valence-corrected chi connectivity index (χ4v) is 6.47. The van der Waals surface area contributed by atoms with Crippen LogP contribution in [0.2, 0.25) is 0 Å². The summed E-state index contributed by atoms with van der Waals surface area (Å²) in [6.07, 6.45) is 11.5. The molecule has 2 aliphatic rings. The molecule has 0 unspecified atom stereocenters. The van der Waals surface area contributed by atoms with Crippen molar-refractivity contribution in [3.8, 4) is 22.4 Å². The summed E-state index contributed by atoms with van der Waals surface area (Å²) in [5, 5.41) is 20.5. The molecular formula is C31H36N4O. The Hall–Kier alpha value is -3.18. The van der Waals surface area contributed by atoms with Gasteiger partial charge in [-0.1, -0.05) is 79.9 Å². The molecule has 2 aliphatic carbocycles. The van der Waals surface area contributed by atoms with Crippen LogP contribution in [0.15, 0.2) is 67.0 Å². The van der Waals surface area contributed by atoms with Gasteiger partial charge >= 0.3 is 0 Å². The number of nitrogens with one attached hydrogen (secondary N) is 1. The Balaban J connectivity index is 1.61. The lowest BCUT2D eigenvalue weighted by Crippen LogP contribution is -2.29. The van der Waals surface area contributed by atoms with Crippen LogP contribution in [-0.2, 0) is 6.54 Å². The molecule has 0 saturated heterocycles. The predicted octanol–water partition coefficient (Wildman–Crippen LogP) is 6.71. The normalized spacial score (nSPS) is 21.1. The third-order valence-electron chi connectivity index (χ3n) is 8.37. The molecule has 0 aliphatic heterocycles. The van der Waals surface area contributed by atoms with E-state index in [0.717, 1.165) is 54.4 Å². The summed E-state index contributed by atoms with van der Waals surface area (Å²) in [5.41, 5.74) is 6.08. The zero-order chi connectivity index (χ0) is 24.5. The van der Waals surface area contributed by atoms with Gasteiger partial charge in [-0.2, -0.15) is 0 Å². The first kappa shape index (κ1) is 23.2. The number of hydrogen-bond acceptors (Lipinski definition) is 3. The molecule has 0 amide bonds. The maximum absolute atomic E-state index is 10.1. The van der Waals surface area contributed by atoms with E-state index in [-0.39, 0.29) is 12.1 Å². The second-order valence-corrected chi connectivity index (χ2v) is 10.7. The number of aliphatic hydroxyl groups excluding tert-OH is 1. The van der Waals surface area contributed by atoms with Crippen LogP contribution in [0.25, 0.3) is 33.4 Å². The zero-order valence-electron chi connectivity index (χ0n) is 20.9. The summed E-state index contributed by atoms with van der Waals surface area (Å²) >= 11 is 0. The van der Waals surface area contributed by atoms with Gasteiger partial charge in [-0.15, -0.1) is 0 Å². The fourth-order valence-electron chi connectivity index (χ4n) is 6.47. The van der Waals surface area contributed by atoms with Gasteiger partial charge in [0.15, 0.2) is 0 Å². The molecule has 0 bridgehead atoms. The lowest BCUT2D eigenvalue weighted by Gasteiger charge is -2.27. The summed E-state index contributed by atoms with van der Waals surface area (Å²) in [7, 11) is 0. The highest BCUT2D eigenvalue weighted by Gasteiger charge is 2.27. The summed E-state index contributed by atoms with van der Waals surface area (Å²) in [6, 6.07) is 21.4. The molecule has 186 valence electrons. The molecule has 0 radical (unpaired) electrons. The van der Waals surface area contributed by atoms with Gasteiger partial charge in [-0.3, -0.25) is 5.41 Å². The number of rotatable bonds is 5. The van der Waals surface area contributed by atoms with Gasteiger partial charge in [0.25, 0.3) is 0 Å². The molecule has 2 saturated carbocycles. The predicted molar refractivity (Wildman–Crippen MR) is 145 cm³/mol. The summed E-state index contributed by atoms with van der Waals surface area (Å²) in [4.78, 5) is 5.08. The van der Waals surface area contributed by atoms with Gasteiger partial charge in [0.1, 0.15) is 11.1 Å². The minimum absolute atomic E-state index is 0.211. The first-order valence-electron chi connectivity index (χ1n) is 13.7. The van der Waals surface area contributed by atoms with E-state index in [9.17, 15) is 10.5 Å². The SMILES string of the molecule is N=c1c2c(-c3ccccc3)c(-c3ccccc3)n(CC3CCCCC3)c2ncn1C1CCC(O)CC1. The standard InChI is InChI=1S/C31H36N4O/c32-30-28-27(23-12-6-2-7-13-23)29(24-14-8-3-9-15-24)34(20-22-10-4-1-5-11-22)31(28)33-21-35(30)25-16-18-26(36)19-17-25/h2-3,6-9,12-15,21-22,25-26,32,36H,1,4-5,10-11,16-20H2. The average molecular weight is 481 g/mol. The van der Waals surface area contributed by atoms with Crippen molar-refractivity contribution in [3.05, 3.63) is 72.5 Å². The third kappa shape index (κ3) is 4.30. The van der Waals surface area contributed by atoms with Crippen LogP contribution >= 0.6 is 0 Å². The Bertz CT molecular complexity index is 1380. The molecule has 5 heteroatoms.